The fraction of sp³-hybridized carbons (Fsp3) is 0.316. The Labute approximate surface area is 175 Å². The van der Waals surface area contributed by atoms with E-state index in [9.17, 15) is 13.2 Å². The third-order valence-corrected chi connectivity index (χ3v) is 6.67. The first-order valence-corrected chi connectivity index (χ1v) is 10.8. The molecule has 0 bridgehead atoms. The van der Waals surface area contributed by atoms with Crippen molar-refractivity contribution in [2.45, 2.75) is 24.8 Å². The van der Waals surface area contributed by atoms with Crippen LogP contribution in [-0.4, -0.2) is 44.9 Å². The molecule has 0 heterocycles. The van der Waals surface area contributed by atoms with E-state index in [0.717, 1.165) is 0 Å². The number of hydrogen-bond acceptors (Lipinski definition) is 4. The molecule has 152 valence electrons. The molecule has 0 atom stereocenters. The van der Waals surface area contributed by atoms with Gasteiger partial charge < -0.3 is 10.1 Å². The molecule has 0 radical (unpaired) electrons. The van der Waals surface area contributed by atoms with E-state index in [1.165, 1.54) is 29.6 Å². The first-order chi connectivity index (χ1) is 13.1. The number of benzene rings is 2. The van der Waals surface area contributed by atoms with Crippen LogP contribution in [0.2, 0.25) is 10.0 Å². The maximum atomic E-state index is 12.6. The molecule has 9 heteroatoms. The second-order valence-corrected chi connectivity index (χ2v) is 9.16. The van der Waals surface area contributed by atoms with Crippen LogP contribution < -0.4 is 10.1 Å². The molecule has 6 nitrogen and oxygen atoms in total. The summed E-state index contributed by atoms with van der Waals surface area (Å²) in [7, 11) is -2.23. The molecule has 2 aromatic carbocycles. The van der Waals surface area contributed by atoms with Gasteiger partial charge >= 0.3 is 0 Å². The predicted octanol–water partition coefficient (Wildman–Crippen LogP) is 3.83. The van der Waals surface area contributed by atoms with Crippen LogP contribution in [0.25, 0.3) is 0 Å². The second kappa shape index (κ2) is 9.60. The fourth-order valence-electron chi connectivity index (χ4n) is 2.24. The highest BCUT2D eigenvalue weighted by Gasteiger charge is 2.25. The largest absolute Gasteiger partial charge is 0.492 e. The summed E-state index contributed by atoms with van der Waals surface area (Å²) in [4.78, 5) is 12.4. The number of hydrogen-bond donors (Lipinski definition) is 1. The zero-order valence-electron chi connectivity index (χ0n) is 15.8. The van der Waals surface area contributed by atoms with Gasteiger partial charge in [0.25, 0.3) is 5.91 Å². The zero-order valence-corrected chi connectivity index (χ0v) is 18.1. The van der Waals surface area contributed by atoms with E-state index >= 15 is 0 Å². The highest BCUT2D eigenvalue weighted by Crippen LogP contribution is 2.23. The third kappa shape index (κ3) is 5.61. The highest BCUT2D eigenvalue weighted by molar-refractivity contribution is 7.89. The van der Waals surface area contributed by atoms with Crippen LogP contribution in [0.5, 0.6) is 5.75 Å². The lowest BCUT2D eigenvalue weighted by atomic mass is 10.2. The van der Waals surface area contributed by atoms with Crippen molar-refractivity contribution in [3.8, 4) is 5.75 Å². The first kappa shape index (κ1) is 22.5. The molecule has 0 spiro atoms. The molecule has 1 amide bonds. The molecule has 0 aliphatic rings. The van der Waals surface area contributed by atoms with E-state index in [2.05, 4.69) is 5.32 Å². The summed E-state index contributed by atoms with van der Waals surface area (Å²) in [6, 6.07) is 10.7. The van der Waals surface area contributed by atoms with Crippen molar-refractivity contribution < 1.29 is 17.9 Å². The van der Waals surface area contributed by atoms with Crippen molar-refractivity contribution in [2.75, 3.05) is 20.2 Å². The van der Waals surface area contributed by atoms with Gasteiger partial charge in [-0.3, -0.25) is 4.79 Å². The van der Waals surface area contributed by atoms with Crippen molar-refractivity contribution in [3.63, 3.8) is 0 Å². The van der Waals surface area contributed by atoms with Crippen molar-refractivity contribution in [1.29, 1.82) is 0 Å². The molecule has 0 saturated carbocycles. The van der Waals surface area contributed by atoms with Gasteiger partial charge in [0.05, 0.1) is 22.0 Å². The minimum atomic E-state index is -3.72. The fourth-order valence-corrected chi connectivity index (χ4v) is 3.97. The Balaban J connectivity index is 2.03. The maximum absolute atomic E-state index is 12.6. The summed E-state index contributed by atoms with van der Waals surface area (Å²) in [5.74, 6) is 0.149. The number of nitrogens with one attached hydrogen (secondary N) is 1. The van der Waals surface area contributed by atoms with Gasteiger partial charge in [-0.25, -0.2) is 8.42 Å². The molecule has 0 fully saturated rings. The normalized spacial score (nSPS) is 11.7. The summed E-state index contributed by atoms with van der Waals surface area (Å²) in [6.07, 6.45) is 0. The number of ether oxygens (including phenoxy) is 1. The molecule has 0 aromatic heterocycles. The molecule has 0 aliphatic heterocycles. The minimum absolute atomic E-state index is 0.00987. The summed E-state index contributed by atoms with van der Waals surface area (Å²) < 4.78 is 32.0. The van der Waals surface area contributed by atoms with Gasteiger partial charge in [0.1, 0.15) is 12.4 Å². The van der Waals surface area contributed by atoms with Gasteiger partial charge in [0, 0.05) is 18.1 Å². The Kier molecular flexibility index (Phi) is 7.71. The van der Waals surface area contributed by atoms with Crippen LogP contribution in [0.15, 0.2) is 47.4 Å². The molecule has 0 saturated heterocycles. The molecular formula is C19H22Cl2N2O4S. The van der Waals surface area contributed by atoms with E-state index < -0.39 is 15.9 Å². The Morgan fingerprint density at radius 2 is 1.79 bits per heavy atom. The van der Waals surface area contributed by atoms with E-state index in [1.54, 1.807) is 38.1 Å². The third-order valence-electron chi connectivity index (χ3n) is 4.06. The lowest BCUT2D eigenvalue weighted by Gasteiger charge is -2.21. The second-order valence-electron chi connectivity index (χ2n) is 6.31. The van der Waals surface area contributed by atoms with Gasteiger partial charge in [-0.05, 0) is 56.3 Å². The maximum Gasteiger partial charge on any atom is 0.252 e. The van der Waals surface area contributed by atoms with Crippen LogP contribution >= 0.6 is 23.2 Å². The van der Waals surface area contributed by atoms with Crippen LogP contribution in [0.4, 0.5) is 0 Å². The van der Waals surface area contributed by atoms with Crippen molar-refractivity contribution >= 4 is 39.1 Å². The van der Waals surface area contributed by atoms with Gasteiger partial charge in [-0.2, -0.15) is 4.31 Å². The number of carbonyl (C=O) groups is 1. The Morgan fingerprint density at radius 1 is 1.14 bits per heavy atom. The van der Waals surface area contributed by atoms with Crippen LogP contribution in [0.1, 0.15) is 24.2 Å². The first-order valence-electron chi connectivity index (χ1n) is 8.57. The van der Waals surface area contributed by atoms with Crippen molar-refractivity contribution in [1.82, 2.24) is 9.62 Å². The van der Waals surface area contributed by atoms with Gasteiger partial charge in [0.15, 0.2) is 0 Å². The zero-order chi connectivity index (χ0) is 20.9. The number of amides is 1. The topological polar surface area (TPSA) is 75.7 Å². The molecule has 1 N–H and O–H groups in total. The minimum Gasteiger partial charge on any atom is -0.492 e. The van der Waals surface area contributed by atoms with Crippen LogP contribution in [-0.2, 0) is 10.0 Å². The highest BCUT2D eigenvalue weighted by atomic mass is 35.5. The molecule has 2 rings (SSSR count). The Morgan fingerprint density at radius 3 is 2.39 bits per heavy atom. The smallest absolute Gasteiger partial charge is 0.252 e. The molecule has 2 aromatic rings. The molecule has 28 heavy (non-hydrogen) atoms. The van der Waals surface area contributed by atoms with Gasteiger partial charge in [0.2, 0.25) is 10.0 Å². The number of sulfonamides is 1. The van der Waals surface area contributed by atoms with Gasteiger partial charge in [-0.1, -0.05) is 23.2 Å². The number of carbonyl (C=O) groups excluding carboxylic acids is 1. The van der Waals surface area contributed by atoms with Crippen molar-refractivity contribution in [3.05, 3.63) is 58.1 Å². The lowest BCUT2D eigenvalue weighted by molar-refractivity contribution is 0.0947. The summed E-state index contributed by atoms with van der Waals surface area (Å²) in [5, 5.41) is 3.44. The molecule has 0 aliphatic carbocycles. The van der Waals surface area contributed by atoms with E-state index in [0.29, 0.717) is 10.8 Å². The standard InChI is InChI=1S/C19H22Cl2N2O4S/c1-13(2)23(3)28(25,26)16-8-9-18(21)17(12-16)19(24)22-10-11-27-15-6-4-14(20)5-7-15/h4-9,12-13H,10-11H2,1-3H3,(H,22,24). The average Bonchev–Trinajstić information content (AvgIpc) is 2.65. The average molecular weight is 445 g/mol. The number of rotatable bonds is 8. The summed E-state index contributed by atoms with van der Waals surface area (Å²) in [6.45, 7) is 3.99. The summed E-state index contributed by atoms with van der Waals surface area (Å²) >= 11 is 11.9. The van der Waals surface area contributed by atoms with E-state index in [-0.39, 0.29) is 34.7 Å². The van der Waals surface area contributed by atoms with E-state index in [1.807, 2.05) is 0 Å². The van der Waals surface area contributed by atoms with E-state index in [4.69, 9.17) is 27.9 Å². The van der Waals surface area contributed by atoms with Crippen LogP contribution in [0, 0.1) is 0 Å². The SMILES string of the molecule is CC(C)N(C)S(=O)(=O)c1ccc(Cl)c(C(=O)NCCOc2ccc(Cl)cc2)c1. The van der Waals surface area contributed by atoms with Crippen molar-refractivity contribution in [2.24, 2.45) is 0 Å². The number of nitrogens with zero attached hydrogens (tertiary/aromatic N) is 1. The van der Waals surface area contributed by atoms with Gasteiger partial charge in [-0.15, -0.1) is 0 Å². The molecule has 0 unspecified atom stereocenters. The lowest BCUT2D eigenvalue weighted by Crippen LogP contribution is -2.33. The monoisotopic (exact) mass is 444 g/mol. The predicted molar refractivity (Wildman–Crippen MR) is 111 cm³/mol. The number of halogens is 2. The molecular weight excluding hydrogens is 423 g/mol. The Hall–Kier alpha value is -1.80. The summed E-state index contributed by atoms with van der Waals surface area (Å²) in [5.41, 5.74) is 0.0893. The van der Waals surface area contributed by atoms with Crippen LogP contribution in [0.3, 0.4) is 0 Å². The Bertz CT molecular complexity index is 931. The quantitative estimate of drug-likeness (QED) is 0.627.